The second-order valence-electron chi connectivity index (χ2n) is 6.29. The van der Waals surface area contributed by atoms with Gasteiger partial charge in [0.1, 0.15) is 0 Å². The summed E-state index contributed by atoms with van der Waals surface area (Å²) in [4.78, 5) is 6.43. The number of nitrogens with one attached hydrogen (secondary N) is 1. The first-order valence-electron chi connectivity index (χ1n) is 8.08. The Morgan fingerprint density at radius 3 is 2.85 bits per heavy atom. The predicted octanol–water partition coefficient (Wildman–Crippen LogP) is 4.31. The van der Waals surface area contributed by atoms with E-state index in [9.17, 15) is 0 Å². The third-order valence-corrected chi connectivity index (χ3v) is 4.42. The molecular formula is C17H29N3. The number of aromatic nitrogens is 1. The molecule has 0 saturated heterocycles. The number of nitrogens with zero attached hydrogens (tertiary/aromatic N) is 2. The van der Waals surface area contributed by atoms with Crippen molar-refractivity contribution in [2.75, 3.05) is 24.3 Å². The van der Waals surface area contributed by atoms with Crippen LogP contribution >= 0.6 is 0 Å². The van der Waals surface area contributed by atoms with Gasteiger partial charge in [-0.3, -0.25) is 4.98 Å². The molecule has 0 radical (unpaired) electrons. The third kappa shape index (κ3) is 4.12. The molecule has 0 aromatic carbocycles. The molecule has 1 aliphatic carbocycles. The van der Waals surface area contributed by atoms with E-state index in [0.717, 1.165) is 5.92 Å². The molecule has 1 aromatic rings. The van der Waals surface area contributed by atoms with E-state index in [-0.39, 0.29) is 0 Å². The molecule has 1 saturated carbocycles. The van der Waals surface area contributed by atoms with Crippen LogP contribution in [0.1, 0.15) is 51.9 Å². The first-order chi connectivity index (χ1) is 9.70. The molecule has 1 fully saturated rings. The first kappa shape index (κ1) is 15.1. The van der Waals surface area contributed by atoms with Crippen LogP contribution < -0.4 is 10.2 Å². The Morgan fingerprint density at radius 1 is 1.25 bits per heavy atom. The van der Waals surface area contributed by atoms with Gasteiger partial charge in [-0.15, -0.1) is 0 Å². The summed E-state index contributed by atoms with van der Waals surface area (Å²) in [7, 11) is 4.18. The van der Waals surface area contributed by atoms with Crippen LogP contribution in [0.15, 0.2) is 18.5 Å². The minimum atomic E-state index is 0.611. The lowest BCUT2D eigenvalue weighted by Gasteiger charge is -2.23. The minimum Gasteiger partial charge on any atom is -0.379 e. The summed E-state index contributed by atoms with van der Waals surface area (Å²) in [5, 5.41) is 3.73. The summed E-state index contributed by atoms with van der Waals surface area (Å²) in [5.74, 6) is 0.953. The van der Waals surface area contributed by atoms with Crippen molar-refractivity contribution in [2.45, 2.75) is 57.9 Å². The normalized spacial score (nSPS) is 23.1. The van der Waals surface area contributed by atoms with E-state index in [1.165, 1.54) is 56.3 Å². The molecule has 3 heteroatoms. The predicted molar refractivity (Wildman–Crippen MR) is 87.5 cm³/mol. The summed E-state index contributed by atoms with van der Waals surface area (Å²) in [6.07, 6.45) is 13.3. The molecule has 0 aliphatic heterocycles. The minimum absolute atomic E-state index is 0.611. The molecule has 20 heavy (non-hydrogen) atoms. The zero-order chi connectivity index (χ0) is 14.4. The van der Waals surface area contributed by atoms with Gasteiger partial charge in [-0.2, -0.15) is 0 Å². The smallest absolute Gasteiger partial charge is 0.0766 e. The quantitative estimate of drug-likeness (QED) is 0.812. The number of rotatable bonds is 5. The molecule has 2 unspecified atom stereocenters. The number of hydrogen-bond acceptors (Lipinski definition) is 3. The summed E-state index contributed by atoms with van der Waals surface area (Å²) >= 11 is 0. The highest BCUT2D eigenvalue weighted by Gasteiger charge is 2.19. The molecule has 3 nitrogen and oxygen atoms in total. The second-order valence-corrected chi connectivity index (χ2v) is 6.29. The Balaban J connectivity index is 1.96. The molecule has 112 valence electrons. The van der Waals surface area contributed by atoms with Crippen molar-refractivity contribution >= 4 is 11.4 Å². The molecule has 1 heterocycles. The van der Waals surface area contributed by atoms with Gasteiger partial charge in [0.05, 0.1) is 17.6 Å². The standard InChI is InChI=1S/C17H29N3/c1-4-6-14-7-5-8-15(10-9-14)19-16-13-18-12-11-17(16)20(2)3/h11-15,19H,4-10H2,1-3H3. The maximum Gasteiger partial charge on any atom is 0.0766 e. The fraction of sp³-hybridized carbons (Fsp3) is 0.706. The lowest BCUT2D eigenvalue weighted by molar-refractivity contribution is 0.422. The largest absolute Gasteiger partial charge is 0.379 e. The topological polar surface area (TPSA) is 28.2 Å². The Bertz CT molecular complexity index is 403. The average Bonchev–Trinajstić information content (AvgIpc) is 2.65. The number of hydrogen-bond donors (Lipinski definition) is 1. The van der Waals surface area contributed by atoms with E-state index in [0.29, 0.717) is 6.04 Å². The highest BCUT2D eigenvalue weighted by atomic mass is 15.1. The summed E-state index contributed by atoms with van der Waals surface area (Å²) in [5.41, 5.74) is 2.41. The molecular weight excluding hydrogens is 246 g/mol. The van der Waals surface area contributed by atoms with E-state index in [2.05, 4.69) is 42.3 Å². The Labute approximate surface area is 123 Å². The Hall–Kier alpha value is -1.25. The van der Waals surface area contributed by atoms with Crippen LogP contribution in [0.4, 0.5) is 11.4 Å². The van der Waals surface area contributed by atoms with Gasteiger partial charge in [0.15, 0.2) is 0 Å². The summed E-state index contributed by atoms with van der Waals surface area (Å²) in [6.45, 7) is 2.31. The summed E-state index contributed by atoms with van der Waals surface area (Å²) < 4.78 is 0. The fourth-order valence-electron chi connectivity index (χ4n) is 3.33. The Kier molecular flexibility index (Phi) is 5.69. The lowest BCUT2D eigenvalue weighted by Crippen LogP contribution is -2.21. The molecule has 1 N–H and O–H groups in total. The van der Waals surface area contributed by atoms with E-state index >= 15 is 0 Å². The third-order valence-electron chi connectivity index (χ3n) is 4.42. The fourth-order valence-corrected chi connectivity index (χ4v) is 3.33. The molecule has 1 aromatic heterocycles. The van der Waals surface area contributed by atoms with Gasteiger partial charge < -0.3 is 10.2 Å². The molecule has 2 atom stereocenters. The zero-order valence-corrected chi connectivity index (χ0v) is 13.2. The van der Waals surface area contributed by atoms with Crippen molar-refractivity contribution in [2.24, 2.45) is 5.92 Å². The van der Waals surface area contributed by atoms with Crippen molar-refractivity contribution < 1.29 is 0 Å². The summed E-state index contributed by atoms with van der Waals surface area (Å²) in [6, 6.07) is 2.69. The van der Waals surface area contributed by atoms with Gasteiger partial charge in [0, 0.05) is 26.3 Å². The van der Waals surface area contributed by atoms with Gasteiger partial charge in [-0.25, -0.2) is 0 Å². The van der Waals surface area contributed by atoms with Crippen LogP contribution in [-0.2, 0) is 0 Å². The SMILES string of the molecule is CCCC1CCCC(Nc2cnccc2N(C)C)CC1. The van der Waals surface area contributed by atoms with Crippen LogP contribution in [0.2, 0.25) is 0 Å². The van der Waals surface area contributed by atoms with Crippen LogP contribution in [-0.4, -0.2) is 25.1 Å². The lowest BCUT2D eigenvalue weighted by atomic mass is 9.95. The maximum atomic E-state index is 4.27. The van der Waals surface area contributed by atoms with Crippen molar-refractivity contribution in [3.05, 3.63) is 18.5 Å². The highest BCUT2D eigenvalue weighted by Crippen LogP contribution is 2.30. The van der Waals surface area contributed by atoms with Crippen molar-refractivity contribution in [3.8, 4) is 0 Å². The molecule has 0 bridgehead atoms. The number of pyridine rings is 1. The van der Waals surface area contributed by atoms with Gasteiger partial charge in [-0.1, -0.05) is 32.6 Å². The van der Waals surface area contributed by atoms with Crippen LogP contribution in [0.3, 0.4) is 0 Å². The monoisotopic (exact) mass is 275 g/mol. The van der Waals surface area contributed by atoms with Crippen LogP contribution in [0.5, 0.6) is 0 Å². The molecule has 2 rings (SSSR count). The molecule has 0 amide bonds. The molecule has 0 spiro atoms. The van der Waals surface area contributed by atoms with Gasteiger partial charge in [0.2, 0.25) is 0 Å². The highest BCUT2D eigenvalue weighted by molar-refractivity contribution is 5.68. The van der Waals surface area contributed by atoms with Crippen molar-refractivity contribution in [1.82, 2.24) is 4.98 Å². The van der Waals surface area contributed by atoms with Crippen LogP contribution in [0, 0.1) is 5.92 Å². The maximum absolute atomic E-state index is 4.27. The zero-order valence-electron chi connectivity index (χ0n) is 13.2. The van der Waals surface area contributed by atoms with Gasteiger partial charge in [0.25, 0.3) is 0 Å². The Morgan fingerprint density at radius 2 is 2.10 bits per heavy atom. The average molecular weight is 275 g/mol. The van der Waals surface area contributed by atoms with E-state index in [1.807, 2.05) is 12.4 Å². The van der Waals surface area contributed by atoms with Crippen LogP contribution in [0.25, 0.3) is 0 Å². The van der Waals surface area contributed by atoms with Crippen molar-refractivity contribution in [1.29, 1.82) is 0 Å². The van der Waals surface area contributed by atoms with Gasteiger partial charge in [-0.05, 0) is 31.2 Å². The second kappa shape index (κ2) is 7.51. The molecule has 1 aliphatic rings. The first-order valence-corrected chi connectivity index (χ1v) is 8.08. The van der Waals surface area contributed by atoms with E-state index in [1.54, 1.807) is 0 Å². The van der Waals surface area contributed by atoms with Gasteiger partial charge >= 0.3 is 0 Å². The van der Waals surface area contributed by atoms with E-state index < -0.39 is 0 Å². The van der Waals surface area contributed by atoms with E-state index in [4.69, 9.17) is 0 Å². The number of anilines is 2. The van der Waals surface area contributed by atoms with Crippen molar-refractivity contribution in [3.63, 3.8) is 0 Å².